The van der Waals surface area contributed by atoms with Gasteiger partial charge in [0.2, 0.25) is 10.0 Å². The van der Waals surface area contributed by atoms with Gasteiger partial charge in [-0.1, -0.05) is 55.5 Å². The molecule has 1 aliphatic heterocycles. The number of nitrogens with zero attached hydrogens (tertiary/aromatic N) is 1. The van der Waals surface area contributed by atoms with E-state index in [1.165, 1.54) is 4.31 Å². The fraction of sp³-hybridized carbons (Fsp3) is 0.292. The summed E-state index contributed by atoms with van der Waals surface area (Å²) in [6, 6.07) is 19.3. The number of rotatable bonds is 6. The van der Waals surface area contributed by atoms with Crippen molar-refractivity contribution in [3.8, 4) is 0 Å². The normalized spacial score (nSPS) is 13.6. The topological polar surface area (TPSA) is 78.5 Å². The van der Waals surface area contributed by atoms with Crippen LogP contribution in [0.3, 0.4) is 0 Å². The molecule has 1 heterocycles. The Bertz CT molecular complexity index is 1200. The molecular formula is C24H27N3O3S. The number of urea groups is 1. The summed E-state index contributed by atoms with van der Waals surface area (Å²) < 4.78 is 26.8. The van der Waals surface area contributed by atoms with Crippen molar-refractivity contribution >= 4 is 38.2 Å². The Kier molecular flexibility index (Phi) is 6.13. The molecule has 0 aromatic heterocycles. The van der Waals surface area contributed by atoms with E-state index >= 15 is 0 Å². The predicted octanol–water partition coefficient (Wildman–Crippen LogP) is 4.65. The van der Waals surface area contributed by atoms with Crippen LogP contribution in [0.1, 0.15) is 30.9 Å². The molecule has 0 aliphatic carbocycles. The molecule has 0 unspecified atom stereocenters. The molecule has 7 heteroatoms. The number of hydrogen-bond acceptors (Lipinski definition) is 3. The van der Waals surface area contributed by atoms with Crippen molar-refractivity contribution in [3.05, 3.63) is 71.8 Å². The Morgan fingerprint density at radius 2 is 1.87 bits per heavy atom. The van der Waals surface area contributed by atoms with Gasteiger partial charge >= 0.3 is 6.03 Å². The predicted molar refractivity (Wildman–Crippen MR) is 126 cm³/mol. The van der Waals surface area contributed by atoms with E-state index in [4.69, 9.17) is 0 Å². The number of carbonyl (C=O) groups excluding carboxylic acids is 1. The highest BCUT2D eigenvalue weighted by Crippen LogP contribution is 2.32. The molecule has 31 heavy (non-hydrogen) atoms. The van der Waals surface area contributed by atoms with Gasteiger partial charge < -0.3 is 10.6 Å². The van der Waals surface area contributed by atoms with Crippen LogP contribution < -0.4 is 14.9 Å². The summed E-state index contributed by atoms with van der Waals surface area (Å²) in [4.78, 5) is 12.5. The summed E-state index contributed by atoms with van der Waals surface area (Å²) in [5, 5.41) is 7.98. The van der Waals surface area contributed by atoms with Crippen molar-refractivity contribution < 1.29 is 13.2 Å². The number of anilines is 2. The summed E-state index contributed by atoms with van der Waals surface area (Å²) in [6.45, 7) is 2.74. The summed E-state index contributed by atoms with van der Waals surface area (Å²) in [5.74, 6) is 0.121. The molecule has 2 amide bonds. The minimum atomic E-state index is -3.35. The average molecular weight is 438 g/mol. The lowest BCUT2D eigenvalue weighted by Crippen LogP contribution is -2.37. The van der Waals surface area contributed by atoms with E-state index in [9.17, 15) is 13.2 Å². The van der Waals surface area contributed by atoms with Gasteiger partial charge in [0.25, 0.3) is 0 Å². The molecule has 0 fully saturated rings. The Morgan fingerprint density at radius 1 is 1.06 bits per heavy atom. The first-order valence-electron chi connectivity index (χ1n) is 10.6. The zero-order valence-electron chi connectivity index (χ0n) is 17.6. The van der Waals surface area contributed by atoms with Crippen LogP contribution in [-0.4, -0.2) is 26.7 Å². The minimum Gasteiger partial charge on any atom is -0.334 e. The molecule has 0 saturated heterocycles. The molecule has 0 atom stereocenters. The molecule has 4 rings (SSSR count). The first-order valence-corrected chi connectivity index (χ1v) is 12.2. The van der Waals surface area contributed by atoms with Gasteiger partial charge in [0.15, 0.2) is 0 Å². The van der Waals surface area contributed by atoms with Gasteiger partial charge in [0, 0.05) is 18.8 Å². The van der Waals surface area contributed by atoms with Crippen molar-refractivity contribution in [3.63, 3.8) is 0 Å². The third-order valence-electron chi connectivity index (χ3n) is 5.54. The Morgan fingerprint density at radius 3 is 2.71 bits per heavy atom. The van der Waals surface area contributed by atoms with Gasteiger partial charge in [-0.05, 0) is 53.3 Å². The molecule has 3 aromatic rings. The monoisotopic (exact) mass is 437 g/mol. The molecular weight excluding hydrogens is 410 g/mol. The SMILES string of the molecule is CCCS(=O)(=O)N1CCCc2ccc(NC(=O)NCc3cccc4ccccc34)cc21. The van der Waals surface area contributed by atoms with E-state index in [1.807, 2.05) is 61.5 Å². The maximum absolute atomic E-state index is 12.7. The molecule has 0 radical (unpaired) electrons. The smallest absolute Gasteiger partial charge is 0.319 e. The van der Waals surface area contributed by atoms with Gasteiger partial charge in [-0.15, -0.1) is 0 Å². The van der Waals surface area contributed by atoms with E-state index in [-0.39, 0.29) is 11.8 Å². The van der Waals surface area contributed by atoms with Crippen LogP contribution in [0.25, 0.3) is 10.8 Å². The lowest BCUT2D eigenvalue weighted by Gasteiger charge is -2.31. The van der Waals surface area contributed by atoms with E-state index in [0.29, 0.717) is 30.9 Å². The fourth-order valence-electron chi connectivity index (χ4n) is 4.07. The van der Waals surface area contributed by atoms with E-state index in [1.54, 1.807) is 6.07 Å². The molecule has 1 aliphatic rings. The van der Waals surface area contributed by atoms with Crippen molar-refractivity contribution in [2.45, 2.75) is 32.7 Å². The number of sulfonamides is 1. The zero-order valence-corrected chi connectivity index (χ0v) is 18.4. The molecule has 3 aromatic carbocycles. The van der Waals surface area contributed by atoms with Crippen molar-refractivity contribution in [1.29, 1.82) is 0 Å². The summed E-state index contributed by atoms with van der Waals surface area (Å²) in [5.41, 5.74) is 3.28. The second kappa shape index (κ2) is 8.98. The number of fused-ring (bicyclic) bond motifs is 2. The minimum absolute atomic E-state index is 0.121. The van der Waals surface area contributed by atoms with Crippen molar-refractivity contribution in [2.75, 3.05) is 21.9 Å². The standard InChI is InChI=1S/C24H27N3O3S/c1-2-15-31(29,30)27-14-6-10-19-12-13-21(16-23(19)27)26-24(28)25-17-20-9-5-8-18-7-3-4-11-22(18)20/h3-5,7-9,11-13,16H,2,6,10,14-15,17H2,1H3,(H2,25,26,28). The molecule has 0 spiro atoms. The number of hydrogen-bond donors (Lipinski definition) is 2. The zero-order chi connectivity index (χ0) is 21.8. The second-order valence-electron chi connectivity index (χ2n) is 7.78. The highest BCUT2D eigenvalue weighted by molar-refractivity contribution is 7.92. The van der Waals surface area contributed by atoms with Crippen LogP contribution >= 0.6 is 0 Å². The van der Waals surface area contributed by atoms with Crippen LogP contribution in [0, 0.1) is 0 Å². The Hall–Kier alpha value is -3.06. The maximum Gasteiger partial charge on any atom is 0.319 e. The first-order chi connectivity index (χ1) is 15.0. The Balaban J connectivity index is 1.48. The van der Waals surface area contributed by atoms with Crippen molar-refractivity contribution in [2.24, 2.45) is 0 Å². The maximum atomic E-state index is 12.7. The number of nitrogens with one attached hydrogen (secondary N) is 2. The lowest BCUT2D eigenvalue weighted by molar-refractivity contribution is 0.252. The van der Waals surface area contributed by atoms with Crippen LogP contribution in [0.4, 0.5) is 16.2 Å². The van der Waals surface area contributed by atoms with E-state index in [0.717, 1.165) is 34.7 Å². The van der Waals surface area contributed by atoms with Crippen LogP contribution in [0.2, 0.25) is 0 Å². The summed E-state index contributed by atoms with van der Waals surface area (Å²) in [6.07, 6.45) is 2.21. The average Bonchev–Trinajstić information content (AvgIpc) is 2.77. The van der Waals surface area contributed by atoms with Gasteiger partial charge in [-0.25, -0.2) is 13.2 Å². The highest BCUT2D eigenvalue weighted by Gasteiger charge is 2.27. The van der Waals surface area contributed by atoms with Gasteiger partial charge in [0.1, 0.15) is 0 Å². The van der Waals surface area contributed by atoms with Crippen molar-refractivity contribution in [1.82, 2.24) is 5.32 Å². The molecule has 6 nitrogen and oxygen atoms in total. The van der Waals surface area contributed by atoms with Crippen LogP contribution in [0.15, 0.2) is 60.7 Å². The number of amides is 2. The molecule has 0 saturated carbocycles. The van der Waals surface area contributed by atoms with Crippen LogP contribution in [-0.2, 0) is 23.0 Å². The number of carbonyl (C=O) groups is 1. The lowest BCUT2D eigenvalue weighted by atomic mass is 10.0. The third kappa shape index (κ3) is 4.66. The second-order valence-corrected chi connectivity index (χ2v) is 9.79. The van der Waals surface area contributed by atoms with Gasteiger partial charge in [0.05, 0.1) is 11.4 Å². The summed E-state index contributed by atoms with van der Waals surface area (Å²) >= 11 is 0. The molecule has 162 valence electrons. The van der Waals surface area contributed by atoms with Gasteiger partial charge in [-0.2, -0.15) is 0 Å². The molecule has 2 N–H and O–H groups in total. The quantitative estimate of drug-likeness (QED) is 0.589. The fourth-order valence-corrected chi connectivity index (χ4v) is 5.69. The third-order valence-corrected chi connectivity index (χ3v) is 7.51. The van der Waals surface area contributed by atoms with Gasteiger partial charge in [-0.3, -0.25) is 4.31 Å². The highest BCUT2D eigenvalue weighted by atomic mass is 32.2. The van der Waals surface area contributed by atoms with Crippen LogP contribution in [0.5, 0.6) is 0 Å². The molecule has 0 bridgehead atoms. The summed E-state index contributed by atoms with van der Waals surface area (Å²) in [7, 11) is -3.35. The largest absolute Gasteiger partial charge is 0.334 e. The van der Waals surface area contributed by atoms with E-state index < -0.39 is 10.0 Å². The number of benzene rings is 3. The van der Waals surface area contributed by atoms with E-state index in [2.05, 4.69) is 10.6 Å². The Labute approximate surface area is 183 Å². The first kappa shape index (κ1) is 21.2. The number of aryl methyl sites for hydroxylation is 1.